The monoisotopic (exact) mass is 180 g/mol. The molecule has 0 saturated heterocycles. The lowest BCUT2D eigenvalue weighted by atomic mass is 9.95. The first-order valence-corrected chi connectivity index (χ1v) is 3.46. The number of halogens is 1. The van der Waals surface area contributed by atoms with Crippen LogP contribution in [0.25, 0.3) is 0 Å². The van der Waals surface area contributed by atoms with Crippen molar-refractivity contribution < 1.29 is 5.11 Å². The Hall–Kier alpha value is 0.440. The Kier molecular flexibility index (Phi) is 2.10. The number of hydrogen-bond donors (Lipinski definition) is 1. The second kappa shape index (κ2) is 1.99. The Balaban J connectivity index is 4.02. The summed E-state index contributed by atoms with van der Waals surface area (Å²) < 4.78 is -0.194. The van der Waals surface area contributed by atoms with E-state index in [9.17, 15) is 5.11 Å². The standard InChI is InChI=1S/C6H13BrO/c1-5(2,7)6(3,4)8/h8H,1-4H3. The molecule has 0 aliphatic heterocycles. The molecule has 0 aromatic carbocycles. The van der Waals surface area contributed by atoms with Gasteiger partial charge in [-0.25, -0.2) is 0 Å². The zero-order valence-corrected chi connectivity index (χ0v) is 7.41. The molecule has 50 valence electrons. The van der Waals surface area contributed by atoms with Crippen LogP contribution in [0, 0.1) is 0 Å². The van der Waals surface area contributed by atoms with Gasteiger partial charge in [0.2, 0.25) is 0 Å². The van der Waals surface area contributed by atoms with Gasteiger partial charge in [-0.05, 0) is 27.7 Å². The molecule has 0 saturated carbocycles. The maximum Gasteiger partial charge on any atom is 0.0738 e. The van der Waals surface area contributed by atoms with E-state index >= 15 is 0 Å². The SMILES string of the molecule is CC(C)(O)C(C)(C)Br. The largest absolute Gasteiger partial charge is 0.389 e. The fourth-order valence-electron chi connectivity index (χ4n) is 0. The molecule has 1 nitrogen and oxygen atoms in total. The Morgan fingerprint density at radius 3 is 1.25 bits per heavy atom. The minimum Gasteiger partial charge on any atom is -0.389 e. The Labute approximate surface area is 59.2 Å². The summed E-state index contributed by atoms with van der Waals surface area (Å²) in [4.78, 5) is 0. The molecule has 0 radical (unpaired) electrons. The van der Waals surface area contributed by atoms with Crippen molar-refractivity contribution in [2.45, 2.75) is 37.6 Å². The lowest BCUT2D eigenvalue weighted by molar-refractivity contribution is 0.0520. The molecule has 0 aromatic heterocycles. The normalized spacial score (nSPS) is 14.2. The van der Waals surface area contributed by atoms with E-state index in [4.69, 9.17) is 0 Å². The van der Waals surface area contributed by atoms with Crippen LogP contribution < -0.4 is 0 Å². The van der Waals surface area contributed by atoms with Crippen molar-refractivity contribution in [3.05, 3.63) is 0 Å². The van der Waals surface area contributed by atoms with E-state index in [0.717, 1.165) is 0 Å². The fourth-order valence-corrected chi connectivity index (χ4v) is 0. The van der Waals surface area contributed by atoms with E-state index in [1.807, 2.05) is 13.8 Å². The third kappa shape index (κ3) is 2.14. The van der Waals surface area contributed by atoms with Crippen molar-refractivity contribution in [3.63, 3.8) is 0 Å². The summed E-state index contributed by atoms with van der Waals surface area (Å²) in [5, 5.41) is 9.31. The topological polar surface area (TPSA) is 20.2 Å². The van der Waals surface area contributed by atoms with Gasteiger partial charge in [0.1, 0.15) is 0 Å². The smallest absolute Gasteiger partial charge is 0.0738 e. The van der Waals surface area contributed by atoms with Crippen molar-refractivity contribution >= 4 is 15.9 Å². The molecule has 0 spiro atoms. The summed E-state index contributed by atoms with van der Waals surface area (Å²) in [6.07, 6.45) is 0. The molecule has 0 bridgehead atoms. The maximum absolute atomic E-state index is 9.31. The van der Waals surface area contributed by atoms with Crippen molar-refractivity contribution in [1.82, 2.24) is 0 Å². The molecule has 0 aliphatic carbocycles. The van der Waals surface area contributed by atoms with Crippen LogP contribution in [-0.2, 0) is 0 Å². The second-order valence-corrected chi connectivity index (χ2v) is 5.01. The van der Waals surface area contributed by atoms with Gasteiger partial charge in [-0.3, -0.25) is 0 Å². The third-order valence-corrected chi connectivity index (χ3v) is 2.43. The molecule has 2 heteroatoms. The maximum atomic E-state index is 9.31. The van der Waals surface area contributed by atoms with Gasteiger partial charge >= 0.3 is 0 Å². The Morgan fingerprint density at radius 2 is 1.25 bits per heavy atom. The average molecular weight is 181 g/mol. The highest BCUT2D eigenvalue weighted by atomic mass is 79.9. The molecular formula is C6H13BrO. The number of aliphatic hydroxyl groups is 1. The van der Waals surface area contributed by atoms with Crippen LogP contribution in [-0.4, -0.2) is 15.0 Å². The van der Waals surface area contributed by atoms with Gasteiger partial charge < -0.3 is 5.11 Å². The van der Waals surface area contributed by atoms with Gasteiger partial charge in [0, 0.05) is 4.32 Å². The van der Waals surface area contributed by atoms with Gasteiger partial charge in [-0.2, -0.15) is 0 Å². The number of rotatable bonds is 1. The van der Waals surface area contributed by atoms with Crippen molar-refractivity contribution in [2.75, 3.05) is 0 Å². The van der Waals surface area contributed by atoms with Crippen molar-refractivity contribution in [2.24, 2.45) is 0 Å². The zero-order chi connectivity index (χ0) is 7.00. The first-order chi connectivity index (χ1) is 3.25. The van der Waals surface area contributed by atoms with E-state index < -0.39 is 5.60 Å². The van der Waals surface area contributed by atoms with Gasteiger partial charge in [0.15, 0.2) is 0 Å². The summed E-state index contributed by atoms with van der Waals surface area (Å²) in [5.41, 5.74) is -0.646. The van der Waals surface area contributed by atoms with E-state index in [0.29, 0.717) is 0 Å². The molecule has 8 heavy (non-hydrogen) atoms. The third-order valence-electron chi connectivity index (χ3n) is 1.45. The minimum absolute atomic E-state index is 0.194. The minimum atomic E-state index is -0.646. The van der Waals surface area contributed by atoms with E-state index in [-0.39, 0.29) is 4.32 Å². The summed E-state index contributed by atoms with van der Waals surface area (Å²) in [5.74, 6) is 0. The zero-order valence-electron chi connectivity index (χ0n) is 5.83. The summed E-state index contributed by atoms with van der Waals surface area (Å²) in [6, 6.07) is 0. The molecule has 0 aromatic rings. The summed E-state index contributed by atoms with van der Waals surface area (Å²) >= 11 is 3.35. The van der Waals surface area contributed by atoms with E-state index in [1.54, 1.807) is 13.8 Å². The van der Waals surface area contributed by atoms with E-state index in [2.05, 4.69) is 15.9 Å². The molecule has 0 amide bonds. The predicted octanol–water partition coefficient (Wildman–Crippen LogP) is 1.93. The van der Waals surface area contributed by atoms with E-state index in [1.165, 1.54) is 0 Å². The highest BCUT2D eigenvalue weighted by Crippen LogP contribution is 2.29. The highest BCUT2D eigenvalue weighted by molar-refractivity contribution is 9.10. The average Bonchev–Trinajstić information content (AvgIpc) is 1.25. The molecule has 0 fully saturated rings. The van der Waals surface area contributed by atoms with Crippen molar-refractivity contribution in [1.29, 1.82) is 0 Å². The molecule has 0 unspecified atom stereocenters. The lowest BCUT2D eigenvalue weighted by Gasteiger charge is -2.31. The van der Waals surface area contributed by atoms with Crippen LogP contribution in [0.3, 0.4) is 0 Å². The highest BCUT2D eigenvalue weighted by Gasteiger charge is 2.31. The molecule has 0 heterocycles. The van der Waals surface area contributed by atoms with Crippen LogP contribution in [0.4, 0.5) is 0 Å². The lowest BCUT2D eigenvalue weighted by Crippen LogP contribution is -2.39. The van der Waals surface area contributed by atoms with Gasteiger partial charge in [-0.1, -0.05) is 15.9 Å². The molecule has 0 aliphatic rings. The van der Waals surface area contributed by atoms with Crippen LogP contribution in [0.2, 0.25) is 0 Å². The number of alkyl halides is 1. The molecular weight excluding hydrogens is 168 g/mol. The predicted molar refractivity (Wildman–Crippen MR) is 39.3 cm³/mol. The quantitative estimate of drug-likeness (QED) is 0.612. The molecule has 0 atom stereocenters. The van der Waals surface area contributed by atoms with Crippen LogP contribution in [0.5, 0.6) is 0 Å². The number of hydrogen-bond acceptors (Lipinski definition) is 1. The molecule has 0 rings (SSSR count). The van der Waals surface area contributed by atoms with Crippen molar-refractivity contribution in [3.8, 4) is 0 Å². The summed E-state index contributed by atoms with van der Waals surface area (Å²) in [7, 11) is 0. The van der Waals surface area contributed by atoms with Gasteiger partial charge in [-0.15, -0.1) is 0 Å². The van der Waals surface area contributed by atoms with Gasteiger partial charge in [0.25, 0.3) is 0 Å². The summed E-state index contributed by atoms with van der Waals surface area (Å²) in [6.45, 7) is 7.43. The Bertz CT molecular complexity index is 63.5. The van der Waals surface area contributed by atoms with Crippen LogP contribution in [0.1, 0.15) is 27.7 Å². The second-order valence-electron chi connectivity index (χ2n) is 3.03. The van der Waals surface area contributed by atoms with Crippen LogP contribution >= 0.6 is 15.9 Å². The van der Waals surface area contributed by atoms with Crippen LogP contribution in [0.15, 0.2) is 0 Å². The first kappa shape index (κ1) is 8.44. The fraction of sp³-hybridized carbons (Fsp3) is 1.00. The van der Waals surface area contributed by atoms with Gasteiger partial charge in [0.05, 0.1) is 5.60 Å². The first-order valence-electron chi connectivity index (χ1n) is 2.66. The Morgan fingerprint density at radius 1 is 1.12 bits per heavy atom. The molecule has 1 N–H and O–H groups in total.